The van der Waals surface area contributed by atoms with Crippen LogP contribution in [0.5, 0.6) is 17.2 Å². The van der Waals surface area contributed by atoms with E-state index in [9.17, 15) is 9.59 Å². The Morgan fingerprint density at radius 1 is 0.966 bits per heavy atom. The first-order valence-electron chi connectivity index (χ1n) is 8.69. The average Bonchev–Trinajstić information content (AvgIpc) is 2.67. The van der Waals surface area contributed by atoms with Crippen LogP contribution in [-0.4, -0.2) is 24.0 Å². The fraction of sp³-hybridized carbons (Fsp3) is 0.136. The van der Waals surface area contributed by atoms with Crippen LogP contribution in [0.2, 0.25) is 5.02 Å². The Kier molecular flexibility index (Phi) is 6.14. The molecule has 3 aromatic rings. The van der Waals surface area contributed by atoms with Crippen LogP contribution in [0.25, 0.3) is 23.1 Å². The van der Waals surface area contributed by atoms with Gasteiger partial charge in [-0.25, -0.2) is 4.98 Å². The lowest BCUT2D eigenvalue weighted by Crippen LogP contribution is -2.03. The summed E-state index contributed by atoms with van der Waals surface area (Å²) in [6.07, 6.45) is 3.59. The molecule has 1 heterocycles. The van der Waals surface area contributed by atoms with Crippen molar-refractivity contribution < 1.29 is 23.8 Å². The van der Waals surface area contributed by atoms with Crippen LogP contribution in [0, 0.1) is 0 Å². The van der Waals surface area contributed by atoms with Gasteiger partial charge in [0.2, 0.25) is 0 Å². The minimum Gasteiger partial charge on any atom is -0.493 e. The molecule has 0 atom stereocenters. The highest BCUT2D eigenvalue weighted by atomic mass is 35.5. The van der Waals surface area contributed by atoms with Crippen molar-refractivity contribution in [2.75, 3.05) is 7.11 Å². The monoisotopic (exact) mass is 411 g/mol. The van der Waals surface area contributed by atoms with Gasteiger partial charge < -0.3 is 14.2 Å². The number of esters is 2. The Bertz CT molecular complexity index is 1120. The van der Waals surface area contributed by atoms with Crippen molar-refractivity contribution in [3.05, 3.63) is 58.7 Å². The second-order valence-electron chi connectivity index (χ2n) is 6.12. The summed E-state index contributed by atoms with van der Waals surface area (Å²) in [5.74, 6) is 0.0256. The summed E-state index contributed by atoms with van der Waals surface area (Å²) in [4.78, 5) is 27.1. The van der Waals surface area contributed by atoms with Crippen molar-refractivity contribution in [1.29, 1.82) is 0 Å². The molecule has 0 aliphatic heterocycles. The van der Waals surface area contributed by atoms with E-state index in [0.29, 0.717) is 22.7 Å². The number of carbonyl (C=O) groups excluding carboxylic acids is 2. The maximum absolute atomic E-state index is 11.3. The molecule has 6 nitrogen and oxygen atoms in total. The fourth-order valence-electron chi connectivity index (χ4n) is 2.73. The summed E-state index contributed by atoms with van der Waals surface area (Å²) >= 11 is 6.23. The third-order valence-corrected chi connectivity index (χ3v) is 4.18. The summed E-state index contributed by atoms with van der Waals surface area (Å²) in [7, 11) is 1.47. The van der Waals surface area contributed by atoms with Gasteiger partial charge in [-0.05, 0) is 35.9 Å². The normalized spacial score (nSPS) is 10.9. The molecule has 0 aliphatic carbocycles. The molecule has 0 unspecified atom stereocenters. The lowest BCUT2D eigenvalue weighted by atomic mass is 10.1. The zero-order chi connectivity index (χ0) is 21.0. The van der Waals surface area contributed by atoms with Crippen molar-refractivity contribution in [3.63, 3.8) is 0 Å². The molecular formula is C22H18ClNO5. The van der Waals surface area contributed by atoms with Gasteiger partial charge in [0.25, 0.3) is 0 Å². The molecule has 3 rings (SSSR count). The molecule has 0 bridgehead atoms. The molecule has 2 aromatic carbocycles. The van der Waals surface area contributed by atoms with E-state index >= 15 is 0 Å². The minimum absolute atomic E-state index is 0.175. The highest BCUT2D eigenvalue weighted by Gasteiger charge is 2.13. The first-order chi connectivity index (χ1) is 13.9. The van der Waals surface area contributed by atoms with Crippen LogP contribution in [0.1, 0.15) is 25.1 Å². The first kappa shape index (κ1) is 20.4. The number of methoxy groups -OCH3 is 1. The van der Waals surface area contributed by atoms with Crippen LogP contribution in [-0.2, 0) is 9.59 Å². The molecule has 0 N–H and O–H groups in total. The summed E-state index contributed by atoms with van der Waals surface area (Å²) in [5, 5.41) is 1.11. The molecule has 0 spiro atoms. The van der Waals surface area contributed by atoms with E-state index in [1.807, 2.05) is 18.2 Å². The van der Waals surface area contributed by atoms with E-state index in [4.69, 9.17) is 25.8 Å². The highest BCUT2D eigenvalue weighted by molar-refractivity contribution is 6.32. The van der Waals surface area contributed by atoms with E-state index in [-0.39, 0.29) is 10.8 Å². The maximum atomic E-state index is 11.3. The van der Waals surface area contributed by atoms with Crippen molar-refractivity contribution in [2.24, 2.45) is 0 Å². The molecule has 0 fully saturated rings. The van der Waals surface area contributed by atoms with Crippen LogP contribution in [0.15, 0.2) is 42.5 Å². The van der Waals surface area contributed by atoms with Gasteiger partial charge in [0.05, 0.1) is 17.8 Å². The van der Waals surface area contributed by atoms with E-state index in [1.165, 1.54) is 21.0 Å². The topological polar surface area (TPSA) is 74.7 Å². The van der Waals surface area contributed by atoms with Gasteiger partial charge in [-0.1, -0.05) is 35.9 Å². The summed E-state index contributed by atoms with van der Waals surface area (Å²) in [6, 6.07) is 12.5. The van der Waals surface area contributed by atoms with E-state index in [0.717, 1.165) is 10.9 Å². The molecule has 0 saturated heterocycles. The minimum atomic E-state index is -0.488. The Labute approximate surface area is 172 Å². The molecule has 0 radical (unpaired) electrons. The van der Waals surface area contributed by atoms with Gasteiger partial charge in [-0.15, -0.1) is 0 Å². The Morgan fingerprint density at radius 2 is 1.72 bits per heavy atom. The Hall–Kier alpha value is -3.38. The van der Waals surface area contributed by atoms with Crippen LogP contribution in [0.3, 0.4) is 0 Å². The lowest BCUT2D eigenvalue weighted by Gasteiger charge is -2.10. The molecule has 0 aliphatic rings. The number of pyridine rings is 1. The number of rotatable bonds is 5. The van der Waals surface area contributed by atoms with Crippen molar-refractivity contribution in [2.45, 2.75) is 13.8 Å². The van der Waals surface area contributed by atoms with Gasteiger partial charge >= 0.3 is 11.9 Å². The molecule has 7 heteroatoms. The molecule has 1 aromatic heterocycles. The second kappa shape index (κ2) is 8.75. The second-order valence-corrected chi connectivity index (χ2v) is 6.53. The summed E-state index contributed by atoms with van der Waals surface area (Å²) in [6.45, 7) is 2.64. The molecule has 0 amide bonds. The van der Waals surface area contributed by atoms with Crippen molar-refractivity contribution >= 4 is 46.6 Å². The first-order valence-corrected chi connectivity index (χ1v) is 9.07. The largest absolute Gasteiger partial charge is 0.493 e. The van der Waals surface area contributed by atoms with Gasteiger partial charge in [-0.2, -0.15) is 0 Å². The fourth-order valence-corrected chi connectivity index (χ4v) is 2.98. The number of halogens is 1. The molecule has 148 valence electrons. The number of fused-ring (bicyclic) bond motifs is 1. The van der Waals surface area contributed by atoms with Crippen molar-refractivity contribution in [1.82, 2.24) is 4.98 Å². The third kappa shape index (κ3) is 4.92. The molecule has 0 saturated carbocycles. The number of carbonyl (C=O) groups is 2. The zero-order valence-corrected chi connectivity index (χ0v) is 16.8. The van der Waals surface area contributed by atoms with Gasteiger partial charge in [0.1, 0.15) is 5.52 Å². The van der Waals surface area contributed by atoms with Gasteiger partial charge in [0.15, 0.2) is 17.2 Å². The van der Waals surface area contributed by atoms with E-state index < -0.39 is 11.9 Å². The predicted octanol–water partition coefficient (Wildman–Crippen LogP) is 4.92. The standard InChI is InChI=1S/C22H18ClNO5/c1-13(25)28-19-6-4-5-16-8-10-17(24-21(16)19)9-7-15-11-18(23)22(29-14(2)26)20(12-15)27-3/h4-12H,1-3H3/b9-7+. The van der Waals surface area contributed by atoms with Crippen LogP contribution >= 0.6 is 11.6 Å². The predicted molar refractivity (Wildman–Crippen MR) is 111 cm³/mol. The van der Waals surface area contributed by atoms with E-state index in [2.05, 4.69) is 4.98 Å². The smallest absolute Gasteiger partial charge is 0.308 e. The van der Waals surface area contributed by atoms with Gasteiger partial charge in [-0.3, -0.25) is 9.59 Å². The number of hydrogen-bond acceptors (Lipinski definition) is 6. The lowest BCUT2D eigenvalue weighted by molar-refractivity contribution is -0.132. The SMILES string of the molecule is COc1cc(/C=C/c2ccc3cccc(OC(C)=O)c3n2)cc(Cl)c1OC(C)=O. The van der Waals surface area contributed by atoms with Crippen molar-refractivity contribution in [3.8, 4) is 17.2 Å². The van der Waals surface area contributed by atoms with Crippen LogP contribution in [0.4, 0.5) is 0 Å². The number of ether oxygens (including phenoxy) is 3. The molecule has 29 heavy (non-hydrogen) atoms. The Morgan fingerprint density at radius 3 is 2.41 bits per heavy atom. The molecular weight excluding hydrogens is 394 g/mol. The van der Waals surface area contributed by atoms with Crippen LogP contribution < -0.4 is 14.2 Å². The zero-order valence-electron chi connectivity index (χ0n) is 16.1. The number of hydrogen-bond donors (Lipinski definition) is 0. The maximum Gasteiger partial charge on any atom is 0.308 e. The number of para-hydroxylation sites is 1. The third-order valence-electron chi connectivity index (χ3n) is 3.90. The number of benzene rings is 2. The highest BCUT2D eigenvalue weighted by Crippen LogP contribution is 2.37. The Balaban J connectivity index is 1.95. The van der Waals surface area contributed by atoms with Gasteiger partial charge in [0, 0.05) is 19.2 Å². The number of aromatic nitrogens is 1. The summed E-state index contributed by atoms with van der Waals surface area (Å²) < 4.78 is 15.6. The number of nitrogens with zero attached hydrogens (tertiary/aromatic N) is 1. The van der Waals surface area contributed by atoms with E-state index in [1.54, 1.807) is 36.4 Å². The quantitative estimate of drug-likeness (QED) is 0.438. The summed E-state index contributed by atoms with van der Waals surface area (Å²) in [5.41, 5.74) is 1.99. The average molecular weight is 412 g/mol.